The average Bonchev–Trinajstić information content (AvgIpc) is 2.99. The van der Waals surface area contributed by atoms with Crippen LogP contribution in [0.1, 0.15) is 55.6 Å². The number of hydrogen-bond acceptors (Lipinski definition) is 5. The molecule has 1 aliphatic rings. The fraction of sp³-hybridized carbons (Fsp3) is 0.545. The van der Waals surface area contributed by atoms with E-state index in [-0.39, 0.29) is 5.91 Å². The molecule has 1 amide bonds. The number of aromatic nitrogens is 4. The van der Waals surface area contributed by atoms with Gasteiger partial charge < -0.3 is 14.8 Å². The Morgan fingerprint density at radius 1 is 1.21 bits per heavy atom. The molecule has 7 heteroatoms. The zero-order valence-electron chi connectivity index (χ0n) is 17.8. The number of amides is 1. The van der Waals surface area contributed by atoms with Crippen LogP contribution in [0.3, 0.4) is 0 Å². The first-order chi connectivity index (χ1) is 14.0. The van der Waals surface area contributed by atoms with Crippen LogP contribution in [-0.2, 0) is 19.5 Å². The molecule has 0 aromatic carbocycles. The van der Waals surface area contributed by atoms with E-state index in [1.54, 1.807) is 24.5 Å². The topological polar surface area (TPSA) is 75.9 Å². The summed E-state index contributed by atoms with van der Waals surface area (Å²) in [5.74, 6) is 2.39. The summed E-state index contributed by atoms with van der Waals surface area (Å²) in [4.78, 5) is 18.7. The fourth-order valence-electron chi connectivity index (χ4n) is 3.69. The third-order valence-electron chi connectivity index (χ3n) is 5.33. The van der Waals surface area contributed by atoms with Crippen LogP contribution in [0.25, 0.3) is 0 Å². The monoisotopic (exact) mass is 396 g/mol. The van der Waals surface area contributed by atoms with E-state index in [9.17, 15) is 4.79 Å². The summed E-state index contributed by atoms with van der Waals surface area (Å²) in [5.41, 5.74) is 2.00. The molecule has 0 aliphatic carbocycles. The highest BCUT2D eigenvalue weighted by Crippen LogP contribution is 2.14. The molecular weight excluding hydrogens is 364 g/mol. The second-order valence-electron chi connectivity index (χ2n) is 8.12. The van der Waals surface area contributed by atoms with Crippen LogP contribution in [-0.4, -0.2) is 50.2 Å². The van der Waals surface area contributed by atoms with Crippen molar-refractivity contribution in [2.45, 2.75) is 53.1 Å². The number of hydrogen-bond donors (Lipinski definition) is 1. The van der Waals surface area contributed by atoms with E-state index in [4.69, 9.17) is 0 Å². The number of rotatable bonds is 8. The standard InChI is InChI=1S/C22H32N6O/c1-17(2)5-4-6-18(3)16-27-12-9-20-25-26-21(28(20)14-13-27)15-24-22(29)19-7-10-23-11-8-19/h5,7-8,10-11,18H,4,6,9,12-16H2,1-3H3,(H,24,29)/t18-/m1/s1. The summed E-state index contributed by atoms with van der Waals surface area (Å²) in [6.07, 6.45) is 8.84. The van der Waals surface area contributed by atoms with Gasteiger partial charge in [-0.05, 0) is 44.7 Å². The van der Waals surface area contributed by atoms with Crippen LogP contribution in [0.5, 0.6) is 0 Å². The van der Waals surface area contributed by atoms with Gasteiger partial charge >= 0.3 is 0 Å². The zero-order valence-corrected chi connectivity index (χ0v) is 17.8. The van der Waals surface area contributed by atoms with Crippen molar-refractivity contribution in [3.63, 3.8) is 0 Å². The highest BCUT2D eigenvalue weighted by atomic mass is 16.1. The van der Waals surface area contributed by atoms with Crippen molar-refractivity contribution in [3.8, 4) is 0 Å². The Morgan fingerprint density at radius 3 is 2.76 bits per heavy atom. The van der Waals surface area contributed by atoms with Crippen molar-refractivity contribution in [1.82, 2.24) is 30.0 Å². The maximum Gasteiger partial charge on any atom is 0.251 e. The van der Waals surface area contributed by atoms with E-state index in [2.05, 4.69) is 56.8 Å². The molecule has 1 N–H and O–H groups in total. The molecule has 1 atom stereocenters. The van der Waals surface area contributed by atoms with Gasteiger partial charge in [-0.2, -0.15) is 0 Å². The molecule has 0 saturated carbocycles. The van der Waals surface area contributed by atoms with E-state index in [0.29, 0.717) is 18.0 Å². The maximum absolute atomic E-state index is 12.3. The van der Waals surface area contributed by atoms with E-state index in [1.807, 2.05) is 0 Å². The Labute approximate surface area is 173 Å². The average molecular weight is 397 g/mol. The Hall–Kier alpha value is -2.54. The minimum atomic E-state index is -0.120. The second kappa shape index (κ2) is 10.3. The minimum Gasteiger partial charge on any atom is -0.345 e. The Balaban J connectivity index is 1.51. The normalized spacial score (nSPS) is 15.3. The first-order valence-electron chi connectivity index (χ1n) is 10.5. The van der Waals surface area contributed by atoms with E-state index < -0.39 is 0 Å². The van der Waals surface area contributed by atoms with E-state index in [1.165, 1.54) is 12.0 Å². The molecule has 0 fully saturated rings. The number of carbonyl (C=O) groups is 1. The van der Waals surface area contributed by atoms with Crippen LogP contribution in [0.2, 0.25) is 0 Å². The molecule has 0 unspecified atom stereocenters. The number of allylic oxidation sites excluding steroid dienone is 2. The van der Waals surface area contributed by atoms with Crippen molar-refractivity contribution in [2.75, 3.05) is 19.6 Å². The molecule has 156 valence electrons. The summed E-state index contributed by atoms with van der Waals surface area (Å²) in [6.45, 7) is 11.0. The number of nitrogens with one attached hydrogen (secondary N) is 1. The zero-order chi connectivity index (χ0) is 20.6. The number of fused-ring (bicyclic) bond motifs is 1. The highest BCUT2D eigenvalue weighted by molar-refractivity contribution is 5.93. The first-order valence-corrected chi connectivity index (χ1v) is 10.5. The number of carbonyl (C=O) groups excluding carboxylic acids is 1. The van der Waals surface area contributed by atoms with Crippen molar-refractivity contribution >= 4 is 5.91 Å². The molecule has 0 radical (unpaired) electrons. The van der Waals surface area contributed by atoms with Gasteiger partial charge in [0.2, 0.25) is 0 Å². The summed E-state index contributed by atoms with van der Waals surface area (Å²) in [7, 11) is 0. The third kappa shape index (κ3) is 6.22. The predicted molar refractivity (Wildman–Crippen MR) is 113 cm³/mol. The number of pyridine rings is 1. The van der Waals surface area contributed by atoms with Gasteiger partial charge in [-0.3, -0.25) is 9.78 Å². The van der Waals surface area contributed by atoms with Crippen molar-refractivity contribution in [2.24, 2.45) is 5.92 Å². The van der Waals surface area contributed by atoms with Crippen molar-refractivity contribution < 1.29 is 4.79 Å². The molecule has 2 aromatic rings. The molecule has 7 nitrogen and oxygen atoms in total. The van der Waals surface area contributed by atoms with Crippen LogP contribution in [0, 0.1) is 5.92 Å². The SMILES string of the molecule is CC(C)=CCC[C@@H](C)CN1CCc2nnc(CNC(=O)c3ccncc3)n2CC1. The van der Waals surface area contributed by atoms with Crippen LogP contribution >= 0.6 is 0 Å². The van der Waals surface area contributed by atoms with Crippen LogP contribution in [0.4, 0.5) is 0 Å². The summed E-state index contributed by atoms with van der Waals surface area (Å²) in [6, 6.07) is 3.41. The van der Waals surface area contributed by atoms with E-state index in [0.717, 1.165) is 50.7 Å². The van der Waals surface area contributed by atoms with Gasteiger partial charge in [0.25, 0.3) is 5.91 Å². The van der Waals surface area contributed by atoms with Crippen LogP contribution < -0.4 is 5.32 Å². The third-order valence-corrected chi connectivity index (χ3v) is 5.33. The van der Waals surface area contributed by atoms with Gasteiger partial charge in [0.05, 0.1) is 6.54 Å². The lowest BCUT2D eigenvalue weighted by atomic mass is 10.0. The molecule has 0 saturated heterocycles. The van der Waals surface area contributed by atoms with Crippen molar-refractivity contribution in [3.05, 3.63) is 53.4 Å². The van der Waals surface area contributed by atoms with Gasteiger partial charge in [-0.1, -0.05) is 18.6 Å². The largest absolute Gasteiger partial charge is 0.345 e. The molecule has 3 rings (SSSR count). The summed E-state index contributed by atoms with van der Waals surface area (Å²) in [5, 5.41) is 11.6. The molecule has 0 bridgehead atoms. The molecule has 1 aliphatic heterocycles. The molecule has 3 heterocycles. The Bertz CT molecular complexity index is 825. The Kier molecular flexibility index (Phi) is 7.52. The highest BCUT2D eigenvalue weighted by Gasteiger charge is 2.20. The second-order valence-corrected chi connectivity index (χ2v) is 8.12. The maximum atomic E-state index is 12.3. The summed E-state index contributed by atoms with van der Waals surface area (Å²) < 4.78 is 2.17. The number of nitrogens with zero attached hydrogens (tertiary/aromatic N) is 5. The molecular formula is C22H32N6O. The first kappa shape index (κ1) is 21.2. The lowest BCUT2D eigenvalue weighted by Gasteiger charge is -2.23. The smallest absolute Gasteiger partial charge is 0.251 e. The molecule has 0 spiro atoms. The lowest BCUT2D eigenvalue weighted by Crippen LogP contribution is -2.32. The van der Waals surface area contributed by atoms with Crippen LogP contribution in [0.15, 0.2) is 36.2 Å². The lowest BCUT2D eigenvalue weighted by molar-refractivity contribution is 0.0949. The molecule has 2 aromatic heterocycles. The minimum absolute atomic E-state index is 0.120. The van der Waals surface area contributed by atoms with Gasteiger partial charge in [0, 0.05) is 50.6 Å². The summed E-state index contributed by atoms with van der Waals surface area (Å²) >= 11 is 0. The van der Waals surface area contributed by atoms with Gasteiger partial charge in [-0.25, -0.2) is 0 Å². The Morgan fingerprint density at radius 2 is 2.00 bits per heavy atom. The fourth-order valence-corrected chi connectivity index (χ4v) is 3.69. The quantitative estimate of drug-likeness (QED) is 0.695. The van der Waals surface area contributed by atoms with Gasteiger partial charge in [0.15, 0.2) is 5.82 Å². The predicted octanol–water partition coefficient (Wildman–Crippen LogP) is 2.84. The van der Waals surface area contributed by atoms with E-state index >= 15 is 0 Å². The molecule has 29 heavy (non-hydrogen) atoms. The van der Waals surface area contributed by atoms with Gasteiger partial charge in [0.1, 0.15) is 5.82 Å². The van der Waals surface area contributed by atoms with Gasteiger partial charge in [-0.15, -0.1) is 10.2 Å². The van der Waals surface area contributed by atoms with Crippen molar-refractivity contribution in [1.29, 1.82) is 0 Å².